The van der Waals surface area contributed by atoms with Crippen molar-refractivity contribution >= 4 is 11.6 Å². The maximum Gasteiger partial charge on any atom is 0.273 e. The summed E-state index contributed by atoms with van der Waals surface area (Å²) in [7, 11) is 1.70. The number of H-pyrrole nitrogens is 1. The van der Waals surface area contributed by atoms with Gasteiger partial charge >= 0.3 is 0 Å². The van der Waals surface area contributed by atoms with Gasteiger partial charge in [0.25, 0.3) is 5.91 Å². The highest BCUT2D eigenvalue weighted by atomic mass is 16.5. The van der Waals surface area contributed by atoms with E-state index in [9.17, 15) is 4.79 Å². The number of nitrogen functional groups attached to an aromatic ring is 1. The molecule has 0 spiro atoms. The molecule has 1 amide bonds. The fraction of sp³-hybridized carbons (Fsp3) is 0.286. The predicted molar refractivity (Wildman–Crippen MR) is 76.6 cm³/mol. The van der Waals surface area contributed by atoms with Gasteiger partial charge in [-0.1, -0.05) is 17.7 Å². The SMILES string of the molecule is Cc1ccc(OCCN(C)C(=O)c2[nH]ncc2N)cc1. The van der Waals surface area contributed by atoms with Crippen LogP contribution in [0.25, 0.3) is 0 Å². The van der Waals surface area contributed by atoms with Gasteiger partial charge in [0.15, 0.2) is 0 Å². The summed E-state index contributed by atoms with van der Waals surface area (Å²) in [6.45, 7) is 2.90. The van der Waals surface area contributed by atoms with Crippen molar-refractivity contribution in [1.29, 1.82) is 0 Å². The van der Waals surface area contributed by atoms with Gasteiger partial charge in [-0.05, 0) is 19.1 Å². The summed E-state index contributed by atoms with van der Waals surface area (Å²) in [4.78, 5) is 13.6. The molecule has 0 aliphatic carbocycles. The summed E-state index contributed by atoms with van der Waals surface area (Å²) in [5.74, 6) is 0.588. The van der Waals surface area contributed by atoms with Gasteiger partial charge in [0.2, 0.25) is 0 Å². The molecule has 1 heterocycles. The molecule has 0 aliphatic rings. The fourth-order valence-electron chi connectivity index (χ4n) is 1.69. The Hall–Kier alpha value is -2.50. The van der Waals surface area contributed by atoms with E-state index < -0.39 is 0 Å². The zero-order valence-electron chi connectivity index (χ0n) is 11.6. The maximum atomic E-state index is 12.0. The van der Waals surface area contributed by atoms with Crippen LogP contribution in [-0.4, -0.2) is 41.2 Å². The normalized spacial score (nSPS) is 10.3. The van der Waals surface area contributed by atoms with E-state index in [1.54, 1.807) is 7.05 Å². The number of hydrogen-bond acceptors (Lipinski definition) is 4. The first-order valence-corrected chi connectivity index (χ1v) is 6.31. The Labute approximate surface area is 117 Å². The van der Waals surface area contributed by atoms with E-state index in [-0.39, 0.29) is 5.91 Å². The second kappa shape index (κ2) is 6.10. The molecule has 0 atom stereocenters. The number of carbonyl (C=O) groups excluding carboxylic acids is 1. The largest absolute Gasteiger partial charge is 0.492 e. The van der Waals surface area contributed by atoms with E-state index >= 15 is 0 Å². The minimum Gasteiger partial charge on any atom is -0.492 e. The number of nitrogens with two attached hydrogens (primary N) is 1. The summed E-state index contributed by atoms with van der Waals surface area (Å²) >= 11 is 0. The van der Waals surface area contributed by atoms with Crippen LogP contribution < -0.4 is 10.5 Å². The highest BCUT2D eigenvalue weighted by molar-refractivity contribution is 5.96. The highest BCUT2D eigenvalue weighted by Gasteiger charge is 2.16. The molecule has 0 saturated heterocycles. The van der Waals surface area contributed by atoms with Crippen LogP contribution in [-0.2, 0) is 0 Å². The lowest BCUT2D eigenvalue weighted by molar-refractivity contribution is 0.0769. The van der Waals surface area contributed by atoms with Crippen molar-refractivity contribution in [3.63, 3.8) is 0 Å². The van der Waals surface area contributed by atoms with Crippen LogP contribution in [0, 0.1) is 6.92 Å². The molecule has 0 bridgehead atoms. The van der Waals surface area contributed by atoms with Crippen molar-refractivity contribution in [3.8, 4) is 5.75 Å². The number of benzene rings is 1. The molecule has 2 rings (SSSR count). The number of aromatic nitrogens is 2. The van der Waals surface area contributed by atoms with E-state index in [2.05, 4.69) is 10.2 Å². The van der Waals surface area contributed by atoms with E-state index in [4.69, 9.17) is 10.5 Å². The summed E-state index contributed by atoms with van der Waals surface area (Å²) in [6.07, 6.45) is 1.42. The second-order valence-electron chi connectivity index (χ2n) is 4.59. The molecular weight excluding hydrogens is 256 g/mol. The molecule has 6 nitrogen and oxygen atoms in total. The van der Waals surface area contributed by atoms with Gasteiger partial charge in [0.1, 0.15) is 18.1 Å². The summed E-state index contributed by atoms with van der Waals surface area (Å²) in [5, 5.41) is 6.33. The lowest BCUT2D eigenvalue weighted by atomic mass is 10.2. The summed E-state index contributed by atoms with van der Waals surface area (Å²) < 4.78 is 5.58. The number of rotatable bonds is 5. The first-order valence-electron chi connectivity index (χ1n) is 6.31. The van der Waals surface area contributed by atoms with E-state index in [1.165, 1.54) is 16.7 Å². The smallest absolute Gasteiger partial charge is 0.273 e. The number of aromatic amines is 1. The fourth-order valence-corrected chi connectivity index (χ4v) is 1.69. The number of ether oxygens (including phenoxy) is 1. The number of amides is 1. The average Bonchev–Trinajstić information content (AvgIpc) is 2.86. The quantitative estimate of drug-likeness (QED) is 0.864. The number of likely N-dealkylation sites (N-methyl/N-ethyl adjacent to an activating group) is 1. The molecule has 20 heavy (non-hydrogen) atoms. The van der Waals surface area contributed by atoms with Crippen LogP contribution >= 0.6 is 0 Å². The Morgan fingerprint density at radius 2 is 2.10 bits per heavy atom. The highest BCUT2D eigenvalue weighted by Crippen LogP contribution is 2.12. The Morgan fingerprint density at radius 1 is 1.40 bits per heavy atom. The minimum absolute atomic E-state index is 0.201. The topological polar surface area (TPSA) is 84.2 Å². The zero-order valence-corrected chi connectivity index (χ0v) is 11.6. The number of carbonyl (C=O) groups is 1. The maximum absolute atomic E-state index is 12.0. The number of aryl methyl sites for hydroxylation is 1. The van der Waals surface area contributed by atoms with Crippen molar-refractivity contribution in [2.75, 3.05) is 25.9 Å². The molecule has 3 N–H and O–H groups in total. The predicted octanol–water partition coefficient (Wildman–Crippen LogP) is 1.45. The Bertz CT molecular complexity index is 577. The third-order valence-corrected chi connectivity index (χ3v) is 2.95. The van der Waals surface area contributed by atoms with Gasteiger partial charge in [0.05, 0.1) is 18.4 Å². The van der Waals surface area contributed by atoms with Crippen molar-refractivity contribution in [2.45, 2.75) is 6.92 Å². The monoisotopic (exact) mass is 274 g/mol. The third kappa shape index (κ3) is 3.28. The number of hydrogen-bond donors (Lipinski definition) is 2. The molecule has 2 aromatic rings. The van der Waals surface area contributed by atoms with Crippen LogP contribution in [0.4, 0.5) is 5.69 Å². The van der Waals surface area contributed by atoms with Crippen molar-refractivity contribution in [2.24, 2.45) is 0 Å². The van der Waals surface area contributed by atoms with Crippen LogP contribution in [0.1, 0.15) is 16.1 Å². The number of anilines is 1. The molecule has 0 radical (unpaired) electrons. The molecule has 0 saturated carbocycles. The van der Waals surface area contributed by atoms with Crippen LogP contribution in [0.3, 0.4) is 0 Å². The molecular formula is C14H18N4O2. The van der Waals surface area contributed by atoms with Gasteiger partial charge in [0, 0.05) is 7.05 Å². The molecule has 0 aliphatic heterocycles. The first-order chi connectivity index (χ1) is 9.58. The van der Waals surface area contributed by atoms with Crippen molar-refractivity contribution in [1.82, 2.24) is 15.1 Å². The van der Waals surface area contributed by atoms with Crippen molar-refractivity contribution < 1.29 is 9.53 Å². The van der Waals surface area contributed by atoms with E-state index in [1.807, 2.05) is 31.2 Å². The van der Waals surface area contributed by atoms with Crippen LogP contribution in [0.5, 0.6) is 5.75 Å². The zero-order chi connectivity index (χ0) is 14.5. The second-order valence-corrected chi connectivity index (χ2v) is 4.59. The van der Waals surface area contributed by atoms with Crippen LogP contribution in [0.15, 0.2) is 30.5 Å². The van der Waals surface area contributed by atoms with E-state index in [0.29, 0.717) is 24.5 Å². The van der Waals surface area contributed by atoms with Gasteiger partial charge in [-0.15, -0.1) is 0 Å². The Kier molecular flexibility index (Phi) is 4.24. The van der Waals surface area contributed by atoms with Crippen LogP contribution in [0.2, 0.25) is 0 Å². The van der Waals surface area contributed by atoms with Gasteiger partial charge < -0.3 is 15.4 Å². The lowest BCUT2D eigenvalue weighted by Crippen LogP contribution is -2.31. The number of nitrogens with one attached hydrogen (secondary N) is 1. The Morgan fingerprint density at radius 3 is 2.70 bits per heavy atom. The first kappa shape index (κ1) is 13.9. The molecule has 1 aromatic carbocycles. The summed E-state index contributed by atoms with van der Waals surface area (Å²) in [6, 6.07) is 7.78. The third-order valence-electron chi connectivity index (χ3n) is 2.95. The van der Waals surface area contributed by atoms with Crippen molar-refractivity contribution in [3.05, 3.63) is 41.7 Å². The molecule has 1 aromatic heterocycles. The average molecular weight is 274 g/mol. The Balaban J connectivity index is 1.83. The standard InChI is InChI=1S/C14H18N4O2/c1-10-3-5-11(6-4-10)20-8-7-18(2)14(19)13-12(15)9-16-17-13/h3-6,9H,7-8,15H2,1-2H3,(H,16,17). The minimum atomic E-state index is -0.201. The van der Waals surface area contributed by atoms with Gasteiger partial charge in [-0.3, -0.25) is 9.89 Å². The van der Waals surface area contributed by atoms with Gasteiger partial charge in [-0.2, -0.15) is 5.10 Å². The molecule has 6 heteroatoms. The molecule has 106 valence electrons. The van der Waals surface area contributed by atoms with Gasteiger partial charge in [-0.25, -0.2) is 0 Å². The molecule has 0 unspecified atom stereocenters. The number of nitrogens with zero attached hydrogens (tertiary/aromatic N) is 2. The lowest BCUT2D eigenvalue weighted by Gasteiger charge is -2.17. The summed E-state index contributed by atoms with van der Waals surface area (Å²) in [5.41, 5.74) is 7.48. The van der Waals surface area contributed by atoms with E-state index in [0.717, 1.165) is 5.75 Å². The molecule has 0 fully saturated rings.